The molecule has 0 radical (unpaired) electrons. The van der Waals surface area contributed by atoms with Gasteiger partial charge in [-0.1, -0.05) is 6.92 Å². The summed E-state index contributed by atoms with van der Waals surface area (Å²) >= 11 is 3.35. The van der Waals surface area contributed by atoms with Crippen LogP contribution in [-0.4, -0.2) is 39.9 Å². The van der Waals surface area contributed by atoms with Gasteiger partial charge in [0.25, 0.3) is 5.91 Å². The van der Waals surface area contributed by atoms with E-state index < -0.39 is 0 Å². The van der Waals surface area contributed by atoms with E-state index in [9.17, 15) is 4.79 Å². The van der Waals surface area contributed by atoms with Crippen molar-refractivity contribution in [1.82, 2.24) is 15.0 Å². The SMILES string of the molecule is CCCN(OCC)C(=O)C1=Cc2ncc(ONc3cncc(Br)c3)cc2N=C(N)C1. The fraction of sp³-hybridized carbons (Fsp3) is 0.300. The number of rotatable bonds is 8. The molecule has 1 aliphatic rings. The Morgan fingerprint density at radius 2 is 2.13 bits per heavy atom. The number of carbonyl (C=O) groups is 1. The molecule has 9 nitrogen and oxygen atoms in total. The molecular weight excluding hydrogens is 452 g/mol. The maximum atomic E-state index is 12.9. The maximum Gasteiger partial charge on any atom is 0.273 e. The molecule has 0 saturated heterocycles. The van der Waals surface area contributed by atoms with E-state index >= 15 is 0 Å². The number of halogens is 1. The normalized spacial score (nSPS) is 12.9. The average Bonchev–Trinajstić information content (AvgIpc) is 2.89. The van der Waals surface area contributed by atoms with Gasteiger partial charge < -0.3 is 10.6 Å². The molecule has 2 aromatic rings. The van der Waals surface area contributed by atoms with Gasteiger partial charge in [-0.05, 0) is 41.4 Å². The van der Waals surface area contributed by atoms with Crippen LogP contribution in [0.15, 0.2) is 45.8 Å². The average molecular weight is 475 g/mol. The van der Waals surface area contributed by atoms with Crippen molar-refractivity contribution in [1.29, 1.82) is 0 Å². The highest BCUT2D eigenvalue weighted by Crippen LogP contribution is 2.29. The number of carbonyl (C=O) groups excluding carboxylic acids is 1. The van der Waals surface area contributed by atoms with Crippen molar-refractivity contribution in [2.75, 3.05) is 18.6 Å². The van der Waals surface area contributed by atoms with Crippen LogP contribution >= 0.6 is 15.9 Å². The lowest BCUT2D eigenvalue weighted by atomic mass is 10.1. The largest absolute Gasteiger partial charge is 0.387 e. The Morgan fingerprint density at radius 1 is 1.30 bits per heavy atom. The molecule has 0 saturated carbocycles. The van der Waals surface area contributed by atoms with Gasteiger partial charge in [0.1, 0.15) is 5.84 Å². The standard InChI is InChI=1S/C20H23BrN6O3/c1-3-5-27(29-4-2)20(28)13-6-17-18(25-19(22)7-13)9-16(12-24-17)30-26-15-8-14(21)10-23-11-15/h6,8-12,26H,3-5,7H2,1-2H3,(H2,22,25). The summed E-state index contributed by atoms with van der Waals surface area (Å²) in [4.78, 5) is 36.8. The molecule has 0 unspecified atom stereocenters. The molecule has 1 aliphatic heterocycles. The molecule has 10 heteroatoms. The summed E-state index contributed by atoms with van der Waals surface area (Å²) in [6.07, 6.45) is 7.51. The minimum atomic E-state index is -0.240. The molecule has 30 heavy (non-hydrogen) atoms. The zero-order chi connectivity index (χ0) is 21.5. The number of aliphatic imine (C=N–C) groups is 1. The van der Waals surface area contributed by atoms with Gasteiger partial charge in [-0.25, -0.2) is 15.5 Å². The van der Waals surface area contributed by atoms with Gasteiger partial charge >= 0.3 is 0 Å². The lowest BCUT2D eigenvalue weighted by molar-refractivity contribution is -0.180. The number of hydrogen-bond acceptors (Lipinski definition) is 8. The molecule has 0 aliphatic carbocycles. The van der Waals surface area contributed by atoms with Gasteiger partial charge in [-0.3, -0.25) is 19.6 Å². The van der Waals surface area contributed by atoms with Crippen LogP contribution in [0.3, 0.4) is 0 Å². The highest BCUT2D eigenvalue weighted by atomic mass is 79.9. The predicted octanol–water partition coefficient (Wildman–Crippen LogP) is 3.61. The van der Waals surface area contributed by atoms with Gasteiger partial charge in [0.15, 0.2) is 5.75 Å². The van der Waals surface area contributed by atoms with Crippen LogP contribution in [0.2, 0.25) is 0 Å². The molecule has 0 spiro atoms. The van der Waals surface area contributed by atoms with Gasteiger partial charge in [-0.2, -0.15) is 0 Å². The Kier molecular flexibility index (Phi) is 7.36. The minimum Gasteiger partial charge on any atom is -0.387 e. The molecule has 3 heterocycles. The number of nitrogens with two attached hydrogens (primary N) is 1. The lowest BCUT2D eigenvalue weighted by Gasteiger charge is -2.21. The summed E-state index contributed by atoms with van der Waals surface area (Å²) in [5, 5.41) is 1.36. The van der Waals surface area contributed by atoms with Crippen LogP contribution in [0.1, 0.15) is 32.4 Å². The first kappa shape index (κ1) is 21.7. The number of fused-ring (bicyclic) bond motifs is 1. The van der Waals surface area contributed by atoms with E-state index in [2.05, 4.69) is 36.4 Å². The molecule has 0 atom stereocenters. The number of hydroxylamine groups is 2. The number of hydrogen-bond donors (Lipinski definition) is 2. The fourth-order valence-electron chi connectivity index (χ4n) is 2.77. The van der Waals surface area contributed by atoms with Crippen molar-refractivity contribution < 1.29 is 14.5 Å². The van der Waals surface area contributed by atoms with E-state index in [-0.39, 0.29) is 12.3 Å². The number of anilines is 1. The van der Waals surface area contributed by atoms with Gasteiger partial charge in [0.2, 0.25) is 0 Å². The molecule has 3 rings (SSSR count). The Balaban J connectivity index is 1.81. The second-order valence-corrected chi connectivity index (χ2v) is 7.36. The monoisotopic (exact) mass is 474 g/mol. The van der Waals surface area contributed by atoms with Crippen molar-refractivity contribution in [3.63, 3.8) is 0 Å². The summed E-state index contributed by atoms with van der Waals surface area (Å²) in [7, 11) is 0. The highest BCUT2D eigenvalue weighted by molar-refractivity contribution is 9.10. The number of nitrogens with zero attached hydrogens (tertiary/aromatic N) is 4. The Hall–Kier alpha value is -2.98. The van der Waals surface area contributed by atoms with Crippen LogP contribution in [0.5, 0.6) is 5.75 Å². The van der Waals surface area contributed by atoms with E-state index in [0.29, 0.717) is 47.4 Å². The van der Waals surface area contributed by atoms with Crippen molar-refractivity contribution in [2.45, 2.75) is 26.7 Å². The Labute approximate surface area is 183 Å². The zero-order valence-corrected chi connectivity index (χ0v) is 18.3. The molecule has 1 amide bonds. The molecule has 0 fully saturated rings. The third-order valence-corrected chi connectivity index (χ3v) is 4.46. The minimum absolute atomic E-state index is 0.209. The summed E-state index contributed by atoms with van der Waals surface area (Å²) in [6.45, 7) is 4.71. The first-order valence-electron chi connectivity index (χ1n) is 9.52. The highest BCUT2D eigenvalue weighted by Gasteiger charge is 2.22. The van der Waals surface area contributed by atoms with E-state index in [1.807, 2.05) is 19.9 Å². The summed E-state index contributed by atoms with van der Waals surface area (Å²) in [6, 6.07) is 3.52. The summed E-state index contributed by atoms with van der Waals surface area (Å²) in [5.74, 6) is 0.510. The van der Waals surface area contributed by atoms with E-state index in [1.54, 1.807) is 30.7 Å². The third kappa shape index (κ3) is 5.55. The predicted molar refractivity (Wildman–Crippen MR) is 118 cm³/mol. The van der Waals surface area contributed by atoms with Crippen LogP contribution in [0.4, 0.5) is 11.4 Å². The van der Waals surface area contributed by atoms with Crippen molar-refractivity contribution in [3.8, 4) is 5.75 Å². The van der Waals surface area contributed by atoms with E-state index in [1.165, 1.54) is 5.06 Å². The van der Waals surface area contributed by atoms with Crippen LogP contribution < -0.4 is 16.1 Å². The van der Waals surface area contributed by atoms with Gasteiger partial charge in [0, 0.05) is 35.3 Å². The van der Waals surface area contributed by atoms with Crippen molar-refractivity contribution >= 4 is 45.1 Å². The van der Waals surface area contributed by atoms with Crippen LogP contribution in [-0.2, 0) is 9.63 Å². The summed E-state index contributed by atoms with van der Waals surface area (Å²) < 4.78 is 0.819. The van der Waals surface area contributed by atoms with Crippen molar-refractivity contribution in [3.05, 3.63) is 46.5 Å². The first-order chi connectivity index (χ1) is 14.5. The fourth-order valence-corrected chi connectivity index (χ4v) is 3.14. The second kappa shape index (κ2) is 10.2. The number of pyridine rings is 2. The molecule has 2 aromatic heterocycles. The van der Waals surface area contributed by atoms with Crippen LogP contribution in [0.25, 0.3) is 6.08 Å². The Morgan fingerprint density at radius 3 is 2.87 bits per heavy atom. The van der Waals surface area contributed by atoms with E-state index in [4.69, 9.17) is 15.4 Å². The number of nitrogens with one attached hydrogen (secondary N) is 1. The maximum absolute atomic E-state index is 12.9. The lowest BCUT2D eigenvalue weighted by Crippen LogP contribution is -2.34. The molecule has 0 aromatic carbocycles. The topological polar surface area (TPSA) is 115 Å². The second-order valence-electron chi connectivity index (χ2n) is 6.45. The molecule has 0 bridgehead atoms. The summed E-state index contributed by atoms with van der Waals surface area (Å²) in [5.41, 5.74) is 11.0. The smallest absolute Gasteiger partial charge is 0.273 e. The number of amides is 1. The van der Waals surface area contributed by atoms with Gasteiger partial charge in [0.05, 0.1) is 36.1 Å². The number of amidine groups is 1. The third-order valence-electron chi connectivity index (χ3n) is 4.02. The quantitative estimate of drug-likeness (QED) is 0.561. The zero-order valence-electron chi connectivity index (χ0n) is 16.8. The van der Waals surface area contributed by atoms with Crippen LogP contribution in [0, 0.1) is 0 Å². The van der Waals surface area contributed by atoms with Crippen molar-refractivity contribution in [2.24, 2.45) is 10.7 Å². The first-order valence-corrected chi connectivity index (χ1v) is 10.3. The Bertz CT molecular complexity index is 973. The van der Waals surface area contributed by atoms with E-state index in [0.717, 1.165) is 10.9 Å². The molecule has 158 valence electrons. The number of aromatic nitrogens is 2. The van der Waals surface area contributed by atoms with Gasteiger partial charge in [-0.15, -0.1) is 0 Å². The molecular formula is C20H23BrN6O3. The molecule has 3 N–H and O–H groups in total.